The Bertz CT molecular complexity index is 506. The second-order valence-electron chi connectivity index (χ2n) is 3.02. The average Bonchev–Trinajstić information content (AvgIpc) is 2.58. The van der Waals surface area contributed by atoms with Crippen molar-refractivity contribution in [2.45, 2.75) is 6.61 Å². The van der Waals surface area contributed by atoms with Gasteiger partial charge in [0.15, 0.2) is 0 Å². The van der Waals surface area contributed by atoms with Gasteiger partial charge in [0.05, 0.1) is 6.61 Å². The predicted molar refractivity (Wildman–Crippen MR) is 57.8 cm³/mol. The van der Waals surface area contributed by atoms with E-state index in [-0.39, 0.29) is 6.61 Å². The van der Waals surface area contributed by atoms with E-state index in [1.807, 2.05) is 24.3 Å². The third-order valence-corrected chi connectivity index (χ3v) is 3.32. The largest absolute Gasteiger partial charge is 0.477 e. The van der Waals surface area contributed by atoms with Crippen LogP contribution < -0.4 is 5.90 Å². The number of carbonyl (C=O) groups is 1. The van der Waals surface area contributed by atoms with Crippen molar-refractivity contribution in [2.75, 3.05) is 0 Å². The van der Waals surface area contributed by atoms with Crippen molar-refractivity contribution in [1.82, 2.24) is 0 Å². The lowest BCUT2D eigenvalue weighted by molar-refractivity contribution is 0.0694. The van der Waals surface area contributed by atoms with Crippen LogP contribution in [0, 0.1) is 0 Å². The Hall–Kier alpha value is -1.43. The molecule has 3 N–H and O–H groups in total. The fraction of sp³-hybridized carbons (Fsp3) is 0.100. The molecule has 4 nitrogen and oxygen atoms in total. The van der Waals surface area contributed by atoms with E-state index in [0.29, 0.717) is 10.4 Å². The number of nitrogens with two attached hydrogens (primary N) is 1. The predicted octanol–water partition coefficient (Wildman–Crippen LogP) is 1.99. The molecule has 1 heterocycles. The van der Waals surface area contributed by atoms with Crippen LogP contribution in [0.3, 0.4) is 0 Å². The smallest absolute Gasteiger partial charge is 0.346 e. The number of thiophene rings is 1. The number of carboxylic acid groups (broad SMARTS) is 1. The number of hydrogen-bond donors (Lipinski definition) is 2. The maximum absolute atomic E-state index is 11.0. The molecule has 0 amide bonds. The first-order valence-corrected chi connectivity index (χ1v) is 5.11. The van der Waals surface area contributed by atoms with Crippen molar-refractivity contribution < 1.29 is 14.7 Å². The fourth-order valence-electron chi connectivity index (χ4n) is 1.50. The number of carboxylic acids is 1. The van der Waals surface area contributed by atoms with Crippen LogP contribution in [-0.2, 0) is 11.4 Å². The molecule has 0 spiro atoms. The molecule has 1 aromatic carbocycles. The summed E-state index contributed by atoms with van der Waals surface area (Å²) < 4.78 is 0.932. The molecule has 0 saturated heterocycles. The van der Waals surface area contributed by atoms with E-state index in [1.54, 1.807) is 0 Å². The molecule has 0 aliphatic rings. The third-order valence-electron chi connectivity index (χ3n) is 2.12. The molecule has 0 radical (unpaired) electrons. The maximum Gasteiger partial charge on any atom is 0.346 e. The number of hydrogen-bond acceptors (Lipinski definition) is 4. The van der Waals surface area contributed by atoms with Crippen molar-refractivity contribution in [1.29, 1.82) is 0 Å². The topological polar surface area (TPSA) is 72.5 Å². The zero-order valence-electron chi connectivity index (χ0n) is 7.77. The Kier molecular flexibility index (Phi) is 2.68. The van der Waals surface area contributed by atoms with Gasteiger partial charge in [-0.2, -0.15) is 0 Å². The second-order valence-corrected chi connectivity index (χ2v) is 4.07. The van der Waals surface area contributed by atoms with E-state index in [2.05, 4.69) is 4.84 Å². The van der Waals surface area contributed by atoms with Crippen LogP contribution in [0.4, 0.5) is 0 Å². The maximum atomic E-state index is 11.0. The molecule has 0 fully saturated rings. The van der Waals surface area contributed by atoms with Gasteiger partial charge in [0, 0.05) is 10.3 Å². The summed E-state index contributed by atoms with van der Waals surface area (Å²) in [4.78, 5) is 15.8. The van der Waals surface area contributed by atoms with Crippen molar-refractivity contribution in [3.05, 3.63) is 34.7 Å². The van der Waals surface area contributed by atoms with Gasteiger partial charge in [-0.15, -0.1) is 11.3 Å². The molecule has 0 aliphatic heterocycles. The van der Waals surface area contributed by atoms with Gasteiger partial charge < -0.3 is 5.11 Å². The highest BCUT2D eigenvalue weighted by atomic mass is 32.1. The van der Waals surface area contributed by atoms with Gasteiger partial charge in [0.25, 0.3) is 0 Å². The Morgan fingerprint density at radius 2 is 2.20 bits per heavy atom. The second kappa shape index (κ2) is 3.98. The minimum absolute atomic E-state index is 0.117. The molecule has 1 aromatic heterocycles. The van der Waals surface area contributed by atoms with E-state index >= 15 is 0 Å². The standard InChI is InChI=1S/C10H9NO3S/c11-14-5-7-6-3-1-2-4-8(6)15-9(7)10(12)13/h1-4H,5,11H2,(H,12,13). The molecular formula is C10H9NO3S. The van der Waals surface area contributed by atoms with Gasteiger partial charge >= 0.3 is 5.97 Å². The van der Waals surface area contributed by atoms with Crippen LogP contribution >= 0.6 is 11.3 Å². The number of benzene rings is 1. The number of rotatable bonds is 3. The first kappa shape index (κ1) is 10.1. The lowest BCUT2D eigenvalue weighted by Crippen LogP contribution is -2.03. The van der Waals surface area contributed by atoms with Crippen molar-refractivity contribution in [2.24, 2.45) is 5.90 Å². The molecular weight excluding hydrogens is 214 g/mol. The lowest BCUT2D eigenvalue weighted by Gasteiger charge is -1.98. The number of fused-ring (bicyclic) bond motifs is 1. The van der Waals surface area contributed by atoms with Gasteiger partial charge in [-0.1, -0.05) is 18.2 Å². The number of aromatic carboxylic acids is 1. The SMILES string of the molecule is NOCc1c(C(=O)O)sc2ccccc12. The highest BCUT2D eigenvalue weighted by Crippen LogP contribution is 2.31. The summed E-state index contributed by atoms with van der Waals surface area (Å²) in [6.45, 7) is 0.117. The molecule has 0 aliphatic carbocycles. The summed E-state index contributed by atoms with van der Waals surface area (Å²) in [5.74, 6) is 4.05. The third kappa shape index (κ3) is 1.72. The summed E-state index contributed by atoms with van der Waals surface area (Å²) in [5, 5.41) is 9.90. The summed E-state index contributed by atoms with van der Waals surface area (Å²) >= 11 is 1.24. The van der Waals surface area contributed by atoms with Crippen LogP contribution in [-0.4, -0.2) is 11.1 Å². The first-order chi connectivity index (χ1) is 7.24. The molecule has 0 saturated carbocycles. The van der Waals surface area contributed by atoms with Crippen LogP contribution in [0.5, 0.6) is 0 Å². The van der Waals surface area contributed by atoms with E-state index in [1.165, 1.54) is 11.3 Å². The minimum Gasteiger partial charge on any atom is -0.477 e. The highest BCUT2D eigenvalue weighted by molar-refractivity contribution is 7.21. The zero-order chi connectivity index (χ0) is 10.8. The van der Waals surface area contributed by atoms with Gasteiger partial charge in [-0.3, -0.25) is 4.84 Å². The lowest BCUT2D eigenvalue weighted by atomic mass is 10.1. The van der Waals surface area contributed by atoms with E-state index < -0.39 is 5.97 Å². The molecule has 0 atom stereocenters. The van der Waals surface area contributed by atoms with Crippen LogP contribution in [0.2, 0.25) is 0 Å². The van der Waals surface area contributed by atoms with Crippen molar-refractivity contribution in [3.8, 4) is 0 Å². The van der Waals surface area contributed by atoms with Gasteiger partial charge in [0.1, 0.15) is 4.88 Å². The monoisotopic (exact) mass is 223 g/mol. The Morgan fingerprint density at radius 3 is 2.87 bits per heavy atom. The first-order valence-electron chi connectivity index (χ1n) is 4.29. The molecule has 5 heteroatoms. The molecule has 0 bridgehead atoms. The molecule has 2 aromatic rings. The van der Waals surface area contributed by atoms with E-state index in [4.69, 9.17) is 11.0 Å². The molecule has 2 rings (SSSR count). The normalized spacial score (nSPS) is 10.7. The Morgan fingerprint density at radius 1 is 1.47 bits per heavy atom. The fourth-order valence-corrected chi connectivity index (χ4v) is 2.55. The average molecular weight is 223 g/mol. The van der Waals surface area contributed by atoms with Crippen LogP contribution in [0.25, 0.3) is 10.1 Å². The van der Waals surface area contributed by atoms with Gasteiger partial charge in [-0.25, -0.2) is 10.7 Å². The van der Waals surface area contributed by atoms with Crippen molar-refractivity contribution >= 4 is 27.4 Å². The summed E-state index contributed by atoms with van der Waals surface area (Å²) in [7, 11) is 0. The summed E-state index contributed by atoms with van der Waals surface area (Å²) in [6, 6.07) is 7.48. The van der Waals surface area contributed by atoms with Crippen LogP contribution in [0.1, 0.15) is 15.2 Å². The molecule has 15 heavy (non-hydrogen) atoms. The Labute approximate surface area is 89.8 Å². The minimum atomic E-state index is -0.941. The zero-order valence-corrected chi connectivity index (χ0v) is 8.58. The Balaban J connectivity index is 2.68. The quantitative estimate of drug-likeness (QED) is 0.780. The van der Waals surface area contributed by atoms with E-state index in [0.717, 1.165) is 10.1 Å². The highest BCUT2D eigenvalue weighted by Gasteiger charge is 2.16. The molecule has 78 valence electrons. The van der Waals surface area contributed by atoms with Gasteiger partial charge in [-0.05, 0) is 11.5 Å². The van der Waals surface area contributed by atoms with Crippen LogP contribution in [0.15, 0.2) is 24.3 Å². The molecule has 0 unspecified atom stereocenters. The van der Waals surface area contributed by atoms with Crippen molar-refractivity contribution in [3.63, 3.8) is 0 Å². The summed E-state index contributed by atoms with van der Waals surface area (Å²) in [5.41, 5.74) is 0.644. The summed E-state index contributed by atoms with van der Waals surface area (Å²) in [6.07, 6.45) is 0. The van der Waals surface area contributed by atoms with Gasteiger partial charge in [0.2, 0.25) is 0 Å². The van der Waals surface area contributed by atoms with E-state index in [9.17, 15) is 4.79 Å².